The maximum atomic E-state index is 12.8. The number of halogens is 2. The first-order valence-electron chi connectivity index (χ1n) is 6.49. The Bertz CT molecular complexity index is 541. The molecule has 0 fully saturated rings. The van der Waals surface area contributed by atoms with Gasteiger partial charge in [0.05, 0.1) is 0 Å². The fourth-order valence-electron chi connectivity index (χ4n) is 1.77. The fraction of sp³-hybridized carbons (Fsp3) is 0.267. The molecule has 0 bridgehead atoms. The third kappa shape index (κ3) is 6.43. The van der Waals surface area contributed by atoms with E-state index >= 15 is 0 Å². The van der Waals surface area contributed by atoms with Crippen LogP contribution in [0.1, 0.15) is 10.4 Å². The molecule has 0 saturated carbocycles. The van der Waals surface area contributed by atoms with Crippen LogP contribution in [0.25, 0.3) is 0 Å². The van der Waals surface area contributed by atoms with E-state index in [1.54, 1.807) is 30.5 Å². The summed E-state index contributed by atoms with van der Waals surface area (Å²) in [4.78, 5) is 5.52. The number of aliphatic imine (C=N–C) groups is 1. The summed E-state index contributed by atoms with van der Waals surface area (Å²) in [6.45, 7) is 1.46. The largest absolute Gasteiger partial charge is 0.356 e. The second kappa shape index (κ2) is 9.73. The van der Waals surface area contributed by atoms with Crippen molar-refractivity contribution >= 4 is 41.3 Å². The average molecular weight is 419 g/mol. The minimum Gasteiger partial charge on any atom is -0.356 e. The molecule has 0 unspecified atom stereocenters. The molecule has 1 aromatic heterocycles. The van der Waals surface area contributed by atoms with Crippen LogP contribution < -0.4 is 10.6 Å². The van der Waals surface area contributed by atoms with Crippen LogP contribution in [-0.4, -0.2) is 19.6 Å². The van der Waals surface area contributed by atoms with Gasteiger partial charge in [-0.3, -0.25) is 4.99 Å². The molecule has 6 heteroatoms. The van der Waals surface area contributed by atoms with Gasteiger partial charge < -0.3 is 10.6 Å². The zero-order valence-corrected chi connectivity index (χ0v) is 15.0. The van der Waals surface area contributed by atoms with Gasteiger partial charge >= 0.3 is 0 Å². The number of thiophene rings is 1. The Morgan fingerprint density at radius 1 is 1.19 bits per heavy atom. The third-order valence-electron chi connectivity index (χ3n) is 2.84. The van der Waals surface area contributed by atoms with Gasteiger partial charge in [0.1, 0.15) is 5.82 Å². The average Bonchev–Trinajstić information content (AvgIpc) is 2.97. The first-order valence-corrected chi connectivity index (χ1v) is 7.37. The van der Waals surface area contributed by atoms with Crippen molar-refractivity contribution in [3.63, 3.8) is 0 Å². The van der Waals surface area contributed by atoms with Crippen molar-refractivity contribution in [2.75, 3.05) is 13.6 Å². The minimum absolute atomic E-state index is 0. The van der Waals surface area contributed by atoms with Crippen LogP contribution in [-0.2, 0) is 13.0 Å². The monoisotopic (exact) mass is 419 g/mol. The van der Waals surface area contributed by atoms with E-state index in [1.807, 2.05) is 0 Å². The summed E-state index contributed by atoms with van der Waals surface area (Å²) in [6, 6.07) is 10.6. The molecule has 0 atom stereocenters. The highest BCUT2D eigenvalue weighted by molar-refractivity contribution is 14.0. The number of nitrogens with one attached hydrogen (secondary N) is 2. The summed E-state index contributed by atoms with van der Waals surface area (Å²) in [7, 11) is 1.74. The summed E-state index contributed by atoms with van der Waals surface area (Å²) in [6.07, 6.45) is 0.981. The molecule has 0 radical (unpaired) electrons. The van der Waals surface area contributed by atoms with E-state index in [-0.39, 0.29) is 29.8 Å². The summed E-state index contributed by atoms with van der Waals surface area (Å²) in [5, 5.41) is 8.55. The predicted octanol–water partition coefficient (Wildman–Crippen LogP) is 3.41. The second-order valence-electron chi connectivity index (χ2n) is 4.31. The first kappa shape index (κ1) is 17.9. The van der Waals surface area contributed by atoms with Gasteiger partial charge in [0.2, 0.25) is 0 Å². The fourth-order valence-corrected chi connectivity index (χ4v) is 2.48. The van der Waals surface area contributed by atoms with Crippen molar-refractivity contribution in [1.29, 1.82) is 0 Å². The van der Waals surface area contributed by atoms with E-state index in [4.69, 9.17) is 0 Å². The Morgan fingerprint density at radius 3 is 2.57 bits per heavy atom. The van der Waals surface area contributed by atoms with Crippen molar-refractivity contribution in [3.8, 4) is 0 Å². The predicted molar refractivity (Wildman–Crippen MR) is 98.0 cm³/mol. The third-order valence-corrected chi connectivity index (χ3v) is 3.78. The lowest BCUT2D eigenvalue weighted by atomic mass is 10.2. The normalized spacial score (nSPS) is 10.9. The van der Waals surface area contributed by atoms with Gasteiger partial charge in [-0.1, -0.05) is 18.2 Å². The van der Waals surface area contributed by atoms with Gasteiger partial charge in [-0.15, -0.1) is 35.3 Å². The van der Waals surface area contributed by atoms with Crippen LogP contribution in [0.5, 0.6) is 0 Å². The molecule has 0 amide bonds. The molecule has 0 spiro atoms. The number of benzene rings is 1. The maximum Gasteiger partial charge on any atom is 0.191 e. The molecular formula is C15H19FIN3S. The van der Waals surface area contributed by atoms with Crippen LogP contribution >= 0.6 is 35.3 Å². The van der Waals surface area contributed by atoms with E-state index in [2.05, 4.69) is 33.1 Å². The Kier molecular flexibility index (Phi) is 8.29. The highest BCUT2D eigenvalue weighted by Crippen LogP contribution is 2.08. The van der Waals surface area contributed by atoms with Gasteiger partial charge in [0, 0.05) is 25.0 Å². The van der Waals surface area contributed by atoms with Crippen molar-refractivity contribution in [2.24, 2.45) is 4.99 Å². The lowest BCUT2D eigenvalue weighted by Crippen LogP contribution is -2.37. The Hall–Kier alpha value is -1.15. The Balaban J connectivity index is 0.00000220. The highest BCUT2D eigenvalue weighted by Gasteiger charge is 1.99. The van der Waals surface area contributed by atoms with Crippen molar-refractivity contribution < 1.29 is 4.39 Å². The molecule has 0 saturated heterocycles. The van der Waals surface area contributed by atoms with E-state index < -0.39 is 0 Å². The summed E-state index contributed by atoms with van der Waals surface area (Å²) < 4.78 is 12.8. The standard InChI is InChI=1S/C15H18FN3S.HI/c1-17-15(18-9-8-14-3-2-10-20-14)19-11-12-4-6-13(16)7-5-12;/h2-7,10H,8-9,11H2,1H3,(H2,17,18,19);1H. The zero-order valence-electron chi connectivity index (χ0n) is 11.8. The van der Waals surface area contributed by atoms with Crippen molar-refractivity contribution in [2.45, 2.75) is 13.0 Å². The molecular weight excluding hydrogens is 400 g/mol. The zero-order chi connectivity index (χ0) is 14.2. The first-order chi connectivity index (χ1) is 9.78. The van der Waals surface area contributed by atoms with E-state index in [0.717, 1.165) is 24.5 Å². The van der Waals surface area contributed by atoms with E-state index in [0.29, 0.717) is 6.54 Å². The van der Waals surface area contributed by atoms with E-state index in [9.17, 15) is 4.39 Å². The minimum atomic E-state index is -0.216. The molecule has 2 aromatic rings. The lowest BCUT2D eigenvalue weighted by Gasteiger charge is -2.11. The summed E-state index contributed by atoms with van der Waals surface area (Å²) >= 11 is 1.76. The van der Waals surface area contributed by atoms with Gasteiger partial charge in [-0.2, -0.15) is 0 Å². The quantitative estimate of drug-likeness (QED) is 0.443. The summed E-state index contributed by atoms with van der Waals surface area (Å²) in [5.41, 5.74) is 1.02. The molecule has 0 aliphatic carbocycles. The van der Waals surface area contributed by atoms with Gasteiger partial charge in [-0.25, -0.2) is 4.39 Å². The molecule has 1 aromatic carbocycles. The molecule has 114 valence electrons. The van der Waals surface area contributed by atoms with Gasteiger partial charge in [0.15, 0.2) is 5.96 Å². The van der Waals surface area contributed by atoms with E-state index in [1.165, 1.54) is 17.0 Å². The number of hydrogen-bond donors (Lipinski definition) is 2. The van der Waals surface area contributed by atoms with Crippen LogP contribution in [0.2, 0.25) is 0 Å². The molecule has 2 N–H and O–H groups in total. The Labute approximate surface area is 145 Å². The SMILES string of the molecule is CN=C(NCCc1cccs1)NCc1ccc(F)cc1.I. The van der Waals surface area contributed by atoms with Crippen LogP contribution in [0, 0.1) is 5.82 Å². The van der Waals surface area contributed by atoms with Crippen LogP contribution in [0.15, 0.2) is 46.8 Å². The molecule has 21 heavy (non-hydrogen) atoms. The number of rotatable bonds is 5. The Morgan fingerprint density at radius 2 is 1.95 bits per heavy atom. The topological polar surface area (TPSA) is 36.4 Å². The van der Waals surface area contributed by atoms with Crippen LogP contribution in [0.4, 0.5) is 4.39 Å². The summed E-state index contributed by atoms with van der Waals surface area (Å²) in [5.74, 6) is 0.540. The van der Waals surface area contributed by atoms with Gasteiger partial charge in [0.25, 0.3) is 0 Å². The molecule has 0 aliphatic rings. The number of hydrogen-bond acceptors (Lipinski definition) is 2. The maximum absolute atomic E-state index is 12.8. The smallest absolute Gasteiger partial charge is 0.191 e. The molecule has 0 aliphatic heterocycles. The molecule has 1 heterocycles. The number of guanidine groups is 1. The number of nitrogens with zero attached hydrogens (tertiary/aromatic N) is 1. The van der Waals surface area contributed by atoms with Crippen molar-refractivity contribution in [3.05, 3.63) is 58.0 Å². The van der Waals surface area contributed by atoms with Crippen molar-refractivity contribution in [1.82, 2.24) is 10.6 Å². The van der Waals surface area contributed by atoms with Crippen LogP contribution in [0.3, 0.4) is 0 Å². The van der Waals surface area contributed by atoms with Gasteiger partial charge in [-0.05, 0) is 35.6 Å². The molecule has 3 nitrogen and oxygen atoms in total. The molecule has 2 rings (SSSR count). The highest BCUT2D eigenvalue weighted by atomic mass is 127. The lowest BCUT2D eigenvalue weighted by molar-refractivity contribution is 0.626. The second-order valence-corrected chi connectivity index (χ2v) is 5.34.